The Morgan fingerprint density at radius 1 is 0.917 bits per heavy atom. The lowest BCUT2D eigenvalue weighted by molar-refractivity contribution is -0.118. The molecule has 0 aromatic heterocycles. The van der Waals surface area contributed by atoms with E-state index in [1.807, 2.05) is 0 Å². The van der Waals surface area contributed by atoms with E-state index in [2.05, 4.69) is 10.6 Å². The van der Waals surface area contributed by atoms with Crippen LogP contribution in [-0.4, -0.2) is 17.9 Å². The Balaban J connectivity index is 2.16. The Bertz CT molecular complexity index is 713. The van der Waals surface area contributed by atoms with Gasteiger partial charge >= 0.3 is 0 Å². The predicted molar refractivity (Wildman–Crippen MR) is 87.5 cm³/mol. The zero-order valence-corrected chi connectivity index (χ0v) is 13.3. The number of para-hydroxylation sites is 1. The maximum atomic E-state index is 13.7. The van der Waals surface area contributed by atoms with E-state index >= 15 is 0 Å². The van der Waals surface area contributed by atoms with Crippen LogP contribution < -0.4 is 10.6 Å². The summed E-state index contributed by atoms with van der Waals surface area (Å²) in [6.45, 7) is 3.46. The number of hydrogen-bond acceptors (Lipinski definition) is 2. The standard InChI is InChI=1S/C18H18F2N2O2/c1-11(2)16(18(24)21-12-7-4-3-5-8-12)22-17(23)15-13(19)9-6-10-14(15)20/h3-11,16H,1-2H3,(H,21,24)(H,22,23)/t16-/m0/s1. The molecule has 2 aromatic carbocycles. The highest BCUT2D eigenvalue weighted by Crippen LogP contribution is 2.14. The molecule has 0 saturated carbocycles. The molecule has 2 rings (SSSR count). The Hall–Kier alpha value is -2.76. The molecular weight excluding hydrogens is 314 g/mol. The summed E-state index contributed by atoms with van der Waals surface area (Å²) in [4.78, 5) is 24.6. The van der Waals surface area contributed by atoms with Crippen LogP contribution in [0, 0.1) is 17.6 Å². The number of halogens is 2. The predicted octanol–water partition coefficient (Wildman–Crippen LogP) is 3.36. The fourth-order valence-corrected chi connectivity index (χ4v) is 2.20. The fraction of sp³-hybridized carbons (Fsp3) is 0.222. The summed E-state index contributed by atoms with van der Waals surface area (Å²) < 4.78 is 27.4. The molecule has 0 bridgehead atoms. The summed E-state index contributed by atoms with van der Waals surface area (Å²) in [6.07, 6.45) is 0. The van der Waals surface area contributed by atoms with Crippen LogP contribution >= 0.6 is 0 Å². The first-order valence-electron chi connectivity index (χ1n) is 7.51. The molecule has 0 unspecified atom stereocenters. The second kappa shape index (κ2) is 7.68. The highest BCUT2D eigenvalue weighted by Gasteiger charge is 2.27. The van der Waals surface area contributed by atoms with Gasteiger partial charge in [0, 0.05) is 5.69 Å². The third kappa shape index (κ3) is 4.16. The number of anilines is 1. The van der Waals surface area contributed by atoms with E-state index in [4.69, 9.17) is 0 Å². The van der Waals surface area contributed by atoms with Gasteiger partial charge in [0.15, 0.2) is 0 Å². The summed E-state index contributed by atoms with van der Waals surface area (Å²) in [6, 6.07) is 10.9. The van der Waals surface area contributed by atoms with Gasteiger partial charge < -0.3 is 10.6 Å². The lowest BCUT2D eigenvalue weighted by Crippen LogP contribution is -2.47. The number of carbonyl (C=O) groups is 2. The van der Waals surface area contributed by atoms with E-state index in [-0.39, 0.29) is 5.92 Å². The third-order valence-corrected chi connectivity index (χ3v) is 3.47. The second-order valence-corrected chi connectivity index (χ2v) is 5.65. The summed E-state index contributed by atoms with van der Waals surface area (Å²) in [5.74, 6) is -3.64. The fourth-order valence-electron chi connectivity index (χ4n) is 2.20. The van der Waals surface area contributed by atoms with Gasteiger partial charge in [-0.25, -0.2) is 8.78 Å². The molecule has 0 aliphatic heterocycles. The molecule has 0 spiro atoms. The van der Waals surface area contributed by atoms with Gasteiger partial charge in [-0.3, -0.25) is 9.59 Å². The number of nitrogens with one attached hydrogen (secondary N) is 2. The van der Waals surface area contributed by atoms with Gasteiger partial charge in [0.2, 0.25) is 5.91 Å². The van der Waals surface area contributed by atoms with Gasteiger partial charge in [0.1, 0.15) is 23.2 Å². The van der Waals surface area contributed by atoms with Crippen molar-refractivity contribution >= 4 is 17.5 Å². The van der Waals surface area contributed by atoms with Crippen LogP contribution in [0.2, 0.25) is 0 Å². The quantitative estimate of drug-likeness (QED) is 0.882. The first-order chi connectivity index (χ1) is 11.4. The monoisotopic (exact) mass is 332 g/mol. The normalized spacial score (nSPS) is 11.9. The summed E-state index contributed by atoms with van der Waals surface area (Å²) >= 11 is 0. The van der Waals surface area contributed by atoms with Gasteiger partial charge in [-0.1, -0.05) is 38.1 Å². The van der Waals surface area contributed by atoms with Crippen molar-refractivity contribution in [1.29, 1.82) is 0 Å². The molecular formula is C18H18F2N2O2. The smallest absolute Gasteiger partial charge is 0.257 e. The van der Waals surface area contributed by atoms with Crippen LogP contribution in [0.3, 0.4) is 0 Å². The Labute approximate surface area is 138 Å². The molecule has 4 nitrogen and oxygen atoms in total. The highest BCUT2D eigenvalue weighted by molar-refractivity contribution is 6.01. The van der Waals surface area contributed by atoms with Gasteiger partial charge in [0.05, 0.1) is 0 Å². The SMILES string of the molecule is CC(C)[C@H](NC(=O)c1c(F)cccc1F)C(=O)Nc1ccccc1. The molecule has 6 heteroatoms. The lowest BCUT2D eigenvalue weighted by Gasteiger charge is -2.22. The minimum atomic E-state index is -0.974. The average Bonchev–Trinajstić information content (AvgIpc) is 2.53. The lowest BCUT2D eigenvalue weighted by atomic mass is 10.0. The number of carbonyl (C=O) groups excluding carboxylic acids is 2. The maximum Gasteiger partial charge on any atom is 0.257 e. The van der Waals surface area contributed by atoms with Crippen LogP contribution in [0.15, 0.2) is 48.5 Å². The number of benzene rings is 2. The first-order valence-corrected chi connectivity index (χ1v) is 7.51. The van der Waals surface area contributed by atoms with Gasteiger partial charge in [-0.2, -0.15) is 0 Å². The van der Waals surface area contributed by atoms with Crippen LogP contribution in [-0.2, 0) is 4.79 Å². The highest BCUT2D eigenvalue weighted by atomic mass is 19.1. The van der Waals surface area contributed by atoms with Gasteiger partial charge in [0.25, 0.3) is 5.91 Å². The molecule has 2 aromatic rings. The number of amides is 2. The van der Waals surface area contributed by atoms with Crippen LogP contribution in [0.5, 0.6) is 0 Å². The van der Waals surface area contributed by atoms with E-state index < -0.39 is 35.1 Å². The van der Waals surface area contributed by atoms with Crippen molar-refractivity contribution in [3.05, 3.63) is 65.7 Å². The summed E-state index contributed by atoms with van der Waals surface area (Å²) in [5, 5.41) is 5.07. The Morgan fingerprint density at radius 2 is 1.50 bits per heavy atom. The Kier molecular flexibility index (Phi) is 5.63. The van der Waals surface area contributed by atoms with Crippen molar-refractivity contribution in [1.82, 2.24) is 5.32 Å². The van der Waals surface area contributed by atoms with Crippen LogP contribution in [0.25, 0.3) is 0 Å². The van der Waals surface area contributed by atoms with Crippen molar-refractivity contribution in [2.45, 2.75) is 19.9 Å². The summed E-state index contributed by atoms with van der Waals surface area (Å²) in [5.41, 5.74) is -0.130. The van der Waals surface area contributed by atoms with Crippen molar-refractivity contribution in [2.75, 3.05) is 5.32 Å². The van der Waals surface area contributed by atoms with Crippen molar-refractivity contribution < 1.29 is 18.4 Å². The molecule has 0 aliphatic rings. The van der Waals surface area contributed by atoms with E-state index in [9.17, 15) is 18.4 Å². The molecule has 126 valence electrons. The maximum absolute atomic E-state index is 13.7. The second-order valence-electron chi connectivity index (χ2n) is 5.65. The molecule has 2 N–H and O–H groups in total. The van der Waals surface area contributed by atoms with Crippen LogP contribution in [0.4, 0.5) is 14.5 Å². The molecule has 0 aliphatic carbocycles. The van der Waals surface area contributed by atoms with E-state index in [1.54, 1.807) is 44.2 Å². The van der Waals surface area contributed by atoms with Gasteiger partial charge in [-0.15, -0.1) is 0 Å². The number of hydrogen-bond donors (Lipinski definition) is 2. The molecule has 0 fully saturated rings. The van der Waals surface area contributed by atoms with Gasteiger partial charge in [-0.05, 0) is 30.2 Å². The minimum absolute atomic E-state index is 0.271. The van der Waals surface area contributed by atoms with Crippen LogP contribution in [0.1, 0.15) is 24.2 Å². The minimum Gasteiger partial charge on any atom is -0.340 e. The molecule has 2 amide bonds. The molecule has 0 heterocycles. The van der Waals surface area contributed by atoms with Crippen molar-refractivity contribution in [2.24, 2.45) is 5.92 Å². The Morgan fingerprint density at radius 3 is 2.04 bits per heavy atom. The third-order valence-electron chi connectivity index (χ3n) is 3.47. The van der Waals surface area contributed by atoms with E-state index in [1.165, 1.54) is 6.07 Å². The first kappa shape index (κ1) is 17.6. The topological polar surface area (TPSA) is 58.2 Å². The molecule has 0 radical (unpaired) electrons. The largest absolute Gasteiger partial charge is 0.340 e. The molecule has 1 atom stereocenters. The summed E-state index contributed by atoms with van der Waals surface area (Å²) in [7, 11) is 0. The zero-order valence-electron chi connectivity index (χ0n) is 13.3. The number of rotatable bonds is 5. The average molecular weight is 332 g/mol. The van der Waals surface area contributed by atoms with E-state index in [0.29, 0.717) is 5.69 Å². The van der Waals surface area contributed by atoms with Crippen molar-refractivity contribution in [3.63, 3.8) is 0 Å². The van der Waals surface area contributed by atoms with Crippen molar-refractivity contribution in [3.8, 4) is 0 Å². The molecule has 0 saturated heterocycles. The zero-order chi connectivity index (χ0) is 17.7. The molecule has 24 heavy (non-hydrogen) atoms. The van der Waals surface area contributed by atoms with E-state index in [0.717, 1.165) is 12.1 Å².